The molecule has 0 rings (SSSR count). The zero-order valence-electron chi connectivity index (χ0n) is 27.5. The Kier molecular flexibility index (Phi) is 38.2. The van der Waals surface area contributed by atoms with Crippen LogP contribution in [-0.2, 0) is 71.2 Å². The minimum Gasteiger partial charge on any atom is -0.480 e. The van der Waals surface area contributed by atoms with Gasteiger partial charge in [0.15, 0.2) is 0 Å². The molecule has 1 amide bonds. The number of methoxy groups -OCH3 is 1. The molecule has 17 nitrogen and oxygen atoms in total. The number of carboxylic acid groups (broad SMARTS) is 1. The van der Waals surface area contributed by atoms with Crippen molar-refractivity contribution in [3.8, 4) is 0 Å². The number of ether oxygens (including phenoxy) is 13. The number of aliphatic carboxylic acids is 1. The van der Waals surface area contributed by atoms with Gasteiger partial charge in [-0.3, -0.25) is 4.79 Å². The predicted molar refractivity (Wildman–Crippen MR) is 162 cm³/mol. The molecule has 0 saturated heterocycles. The number of nitrogens with one attached hydrogen (secondary N) is 1. The van der Waals surface area contributed by atoms with Gasteiger partial charge in [-0.2, -0.15) is 0 Å². The quantitative estimate of drug-likeness (QED) is 0.0755. The molecule has 46 heavy (non-hydrogen) atoms. The first-order chi connectivity index (χ1) is 22.7. The fourth-order valence-corrected chi connectivity index (χ4v) is 2.99. The van der Waals surface area contributed by atoms with Gasteiger partial charge < -0.3 is 72.0 Å². The highest BCUT2D eigenvalue weighted by molar-refractivity contribution is 5.77. The van der Waals surface area contributed by atoms with Crippen molar-refractivity contribution < 1.29 is 76.3 Å². The Morgan fingerprint density at radius 2 is 0.652 bits per heavy atom. The fraction of sp³-hybridized carbons (Fsp3) is 0.931. The number of carbonyl (C=O) groups is 2. The van der Waals surface area contributed by atoms with Crippen molar-refractivity contribution in [3.05, 3.63) is 0 Å². The molecule has 0 saturated carbocycles. The van der Waals surface area contributed by atoms with Crippen molar-refractivity contribution in [2.75, 3.05) is 179 Å². The number of amides is 1. The van der Waals surface area contributed by atoms with E-state index in [9.17, 15) is 9.59 Å². The zero-order valence-corrected chi connectivity index (χ0v) is 27.5. The Bertz CT molecular complexity index is 634. The summed E-state index contributed by atoms with van der Waals surface area (Å²) in [5.74, 6) is -1.52. The van der Waals surface area contributed by atoms with E-state index in [-0.39, 0.29) is 6.61 Å². The molecule has 0 spiro atoms. The van der Waals surface area contributed by atoms with E-state index in [0.29, 0.717) is 159 Å². The zero-order chi connectivity index (χ0) is 33.4. The standard InChI is InChI=1S/C29H57NO16/c1-34-4-5-36-8-9-38-12-13-40-16-17-42-20-21-44-24-25-45-23-22-43-19-18-41-15-14-39-11-10-37-7-6-35-3-2-30-28(31)26-46-27-29(32)33/h2-27H2,1H3,(H,30,31)(H,32,33). The molecule has 0 fully saturated rings. The lowest BCUT2D eigenvalue weighted by Gasteiger charge is -2.09. The Balaban J connectivity index is 3.08. The maximum atomic E-state index is 11.3. The van der Waals surface area contributed by atoms with E-state index in [2.05, 4.69) is 10.1 Å². The summed E-state index contributed by atoms with van der Waals surface area (Å²) in [6.45, 7) is 10.6. The molecule has 0 heterocycles. The first-order valence-corrected chi connectivity index (χ1v) is 15.6. The summed E-state index contributed by atoms with van der Waals surface area (Å²) in [6.07, 6.45) is 0. The molecule has 0 aliphatic rings. The van der Waals surface area contributed by atoms with Crippen LogP contribution in [0.5, 0.6) is 0 Å². The molecular weight excluding hydrogens is 618 g/mol. The maximum Gasteiger partial charge on any atom is 0.329 e. The molecule has 0 aliphatic heterocycles. The molecule has 274 valence electrons. The van der Waals surface area contributed by atoms with Crippen LogP contribution in [0.4, 0.5) is 0 Å². The third kappa shape index (κ3) is 40.4. The van der Waals surface area contributed by atoms with Crippen LogP contribution in [-0.4, -0.2) is 196 Å². The monoisotopic (exact) mass is 675 g/mol. The fourth-order valence-electron chi connectivity index (χ4n) is 2.99. The van der Waals surface area contributed by atoms with Gasteiger partial charge in [0, 0.05) is 13.7 Å². The van der Waals surface area contributed by atoms with E-state index < -0.39 is 18.5 Å². The summed E-state index contributed by atoms with van der Waals surface area (Å²) in [7, 11) is 1.64. The van der Waals surface area contributed by atoms with Crippen molar-refractivity contribution in [1.29, 1.82) is 0 Å². The first-order valence-electron chi connectivity index (χ1n) is 15.6. The normalized spacial score (nSPS) is 11.3. The SMILES string of the molecule is COCCOCCOCCOCCOCCOCCOCCOCCOCCOCCOCCOCCNC(=O)COCC(=O)O. The molecule has 0 aromatic carbocycles. The average molecular weight is 676 g/mol. The number of hydrogen-bond donors (Lipinski definition) is 2. The van der Waals surface area contributed by atoms with Crippen molar-refractivity contribution in [1.82, 2.24) is 5.32 Å². The lowest BCUT2D eigenvalue weighted by molar-refractivity contribution is -0.143. The van der Waals surface area contributed by atoms with Crippen molar-refractivity contribution in [2.24, 2.45) is 0 Å². The lowest BCUT2D eigenvalue weighted by atomic mass is 10.6. The summed E-state index contributed by atoms with van der Waals surface area (Å²) in [5.41, 5.74) is 0. The summed E-state index contributed by atoms with van der Waals surface area (Å²) in [4.78, 5) is 21.6. The predicted octanol–water partition coefficient (Wildman–Crippen LogP) is -0.967. The Hall–Kier alpha value is -1.58. The Morgan fingerprint density at radius 1 is 0.391 bits per heavy atom. The van der Waals surface area contributed by atoms with Gasteiger partial charge in [-0.15, -0.1) is 0 Å². The van der Waals surface area contributed by atoms with Crippen LogP contribution in [0.2, 0.25) is 0 Å². The van der Waals surface area contributed by atoms with Crippen LogP contribution in [0.3, 0.4) is 0 Å². The Morgan fingerprint density at radius 3 is 0.913 bits per heavy atom. The molecule has 0 unspecified atom stereocenters. The van der Waals surface area contributed by atoms with E-state index in [4.69, 9.17) is 61.9 Å². The summed E-state index contributed by atoms with van der Waals surface area (Å²) in [5, 5.41) is 11.0. The van der Waals surface area contributed by atoms with Gasteiger partial charge in [0.2, 0.25) is 5.91 Å². The van der Waals surface area contributed by atoms with E-state index >= 15 is 0 Å². The highest BCUT2D eigenvalue weighted by atomic mass is 16.6. The van der Waals surface area contributed by atoms with E-state index in [1.165, 1.54) is 0 Å². The summed E-state index contributed by atoms with van der Waals surface area (Å²) >= 11 is 0. The van der Waals surface area contributed by atoms with Gasteiger partial charge in [0.1, 0.15) is 13.2 Å². The maximum absolute atomic E-state index is 11.3. The minimum absolute atomic E-state index is 0.300. The van der Waals surface area contributed by atoms with Gasteiger partial charge in [-0.25, -0.2) is 4.79 Å². The lowest BCUT2D eigenvalue weighted by Crippen LogP contribution is -2.31. The van der Waals surface area contributed by atoms with Crippen LogP contribution in [0.25, 0.3) is 0 Å². The number of rotatable bonds is 40. The first kappa shape index (κ1) is 44.4. The van der Waals surface area contributed by atoms with E-state index in [1.807, 2.05) is 0 Å². The van der Waals surface area contributed by atoms with Gasteiger partial charge in [-0.05, 0) is 0 Å². The molecular formula is C29H57NO16. The summed E-state index contributed by atoms with van der Waals surface area (Å²) in [6, 6.07) is 0. The van der Waals surface area contributed by atoms with Crippen LogP contribution in [0, 0.1) is 0 Å². The molecule has 0 atom stereocenters. The topological polar surface area (TPSA) is 186 Å². The van der Waals surface area contributed by atoms with E-state index in [1.54, 1.807) is 7.11 Å². The van der Waals surface area contributed by atoms with Crippen molar-refractivity contribution in [2.45, 2.75) is 0 Å². The average Bonchev–Trinajstić information content (AvgIpc) is 3.04. The number of carboxylic acids is 1. The number of hydrogen-bond acceptors (Lipinski definition) is 15. The second-order valence-corrected chi connectivity index (χ2v) is 8.97. The van der Waals surface area contributed by atoms with Gasteiger partial charge in [0.05, 0.1) is 152 Å². The number of carbonyl (C=O) groups excluding carboxylic acids is 1. The van der Waals surface area contributed by atoms with Gasteiger partial charge >= 0.3 is 5.97 Å². The molecule has 0 radical (unpaired) electrons. The molecule has 2 N–H and O–H groups in total. The second kappa shape index (κ2) is 39.6. The molecule has 0 aromatic heterocycles. The molecule has 0 aromatic rings. The largest absolute Gasteiger partial charge is 0.480 e. The van der Waals surface area contributed by atoms with Gasteiger partial charge in [-0.1, -0.05) is 0 Å². The van der Waals surface area contributed by atoms with Crippen LogP contribution in [0.1, 0.15) is 0 Å². The minimum atomic E-state index is -1.12. The van der Waals surface area contributed by atoms with Crippen LogP contribution >= 0.6 is 0 Å². The van der Waals surface area contributed by atoms with Crippen molar-refractivity contribution >= 4 is 11.9 Å². The van der Waals surface area contributed by atoms with E-state index in [0.717, 1.165) is 0 Å². The van der Waals surface area contributed by atoms with Crippen LogP contribution < -0.4 is 5.32 Å². The van der Waals surface area contributed by atoms with Crippen LogP contribution in [0.15, 0.2) is 0 Å². The smallest absolute Gasteiger partial charge is 0.329 e. The second-order valence-electron chi connectivity index (χ2n) is 8.97. The highest BCUT2D eigenvalue weighted by Gasteiger charge is 2.03. The molecule has 17 heteroatoms. The van der Waals surface area contributed by atoms with Crippen molar-refractivity contribution in [3.63, 3.8) is 0 Å². The third-order valence-corrected chi connectivity index (χ3v) is 5.18. The van der Waals surface area contributed by atoms with Gasteiger partial charge in [0.25, 0.3) is 0 Å². The summed E-state index contributed by atoms with van der Waals surface area (Å²) < 4.78 is 69.0. The Labute approximate surface area is 272 Å². The molecule has 0 bridgehead atoms. The molecule has 0 aliphatic carbocycles. The third-order valence-electron chi connectivity index (χ3n) is 5.18. The highest BCUT2D eigenvalue weighted by Crippen LogP contribution is 1.87.